The molecule has 0 radical (unpaired) electrons. The minimum Gasteiger partial charge on any atom is -0.382 e. The van der Waals surface area contributed by atoms with Crippen molar-refractivity contribution in [1.82, 2.24) is 9.62 Å². The molecule has 1 unspecified atom stereocenters. The van der Waals surface area contributed by atoms with Crippen LogP contribution in [0.15, 0.2) is 29.2 Å². The van der Waals surface area contributed by atoms with Crippen LogP contribution in [-0.4, -0.2) is 59.3 Å². The fourth-order valence-electron chi connectivity index (χ4n) is 2.25. The molecule has 2 rings (SSSR count). The van der Waals surface area contributed by atoms with E-state index in [0.29, 0.717) is 13.1 Å². The van der Waals surface area contributed by atoms with Crippen LogP contribution in [0.1, 0.15) is 6.92 Å². The topological polar surface area (TPSA) is 70.7 Å². The molecule has 1 aromatic carbocycles. The van der Waals surface area contributed by atoms with Crippen LogP contribution in [0.2, 0.25) is 0 Å². The molecule has 6 nitrogen and oxygen atoms in total. The summed E-state index contributed by atoms with van der Waals surface area (Å²) < 4.78 is 31.8. The molecule has 1 aromatic rings. The first-order chi connectivity index (χ1) is 10.0. The van der Waals surface area contributed by atoms with E-state index in [2.05, 4.69) is 22.0 Å². The summed E-state index contributed by atoms with van der Waals surface area (Å²) in [7, 11) is -1.30. The first-order valence-electron chi connectivity index (χ1n) is 7.15. The zero-order valence-electron chi connectivity index (χ0n) is 12.5. The number of nitrogens with one attached hydrogen (secondary N) is 2. The van der Waals surface area contributed by atoms with E-state index in [1.165, 1.54) is 0 Å². The molecule has 0 saturated carbocycles. The third kappa shape index (κ3) is 4.67. The summed E-state index contributed by atoms with van der Waals surface area (Å²) in [5.74, 6) is 0. The van der Waals surface area contributed by atoms with Gasteiger partial charge < -0.3 is 15.0 Å². The highest BCUT2D eigenvalue weighted by atomic mass is 32.2. The fourth-order valence-corrected chi connectivity index (χ4v) is 3.29. The van der Waals surface area contributed by atoms with Gasteiger partial charge in [0.05, 0.1) is 17.6 Å². The molecular formula is C14H23N3O3S. The fraction of sp³-hybridized carbons (Fsp3) is 0.571. The van der Waals surface area contributed by atoms with Crippen molar-refractivity contribution < 1.29 is 13.2 Å². The Bertz CT molecular complexity index is 545. The number of ether oxygens (including phenoxy) is 1. The molecule has 1 fully saturated rings. The van der Waals surface area contributed by atoms with E-state index < -0.39 is 10.0 Å². The molecule has 7 heteroatoms. The van der Waals surface area contributed by atoms with Gasteiger partial charge in [0.15, 0.2) is 0 Å². The number of morpholine rings is 1. The molecule has 1 atom stereocenters. The Kier molecular flexibility index (Phi) is 5.58. The molecule has 118 valence electrons. The summed E-state index contributed by atoms with van der Waals surface area (Å²) in [5, 5.41) is 3.28. The van der Waals surface area contributed by atoms with E-state index in [1.54, 1.807) is 31.2 Å². The highest BCUT2D eigenvalue weighted by Gasteiger charge is 2.17. The lowest BCUT2D eigenvalue weighted by molar-refractivity contribution is -0.0117. The third-order valence-corrected chi connectivity index (χ3v) is 4.94. The summed E-state index contributed by atoms with van der Waals surface area (Å²) in [5.41, 5.74) is 0.891. The molecule has 0 aliphatic carbocycles. The molecule has 1 aliphatic heterocycles. The standard InChI is InChI=1S/C14H23N3O3S/c1-3-16-21(18,19)14-6-4-12(5-7-14)15-10-13-11-17(2)8-9-20-13/h4-7,13,15-16H,3,8-11H2,1-2H3. The van der Waals surface area contributed by atoms with E-state index in [1.807, 2.05) is 0 Å². The van der Waals surface area contributed by atoms with Crippen LogP contribution in [0.4, 0.5) is 5.69 Å². The molecule has 0 bridgehead atoms. The lowest BCUT2D eigenvalue weighted by atomic mass is 10.2. The zero-order valence-corrected chi connectivity index (χ0v) is 13.3. The molecule has 2 N–H and O–H groups in total. The third-order valence-electron chi connectivity index (χ3n) is 3.37. The minimum atomic E-state index is -3.38. The maximum Gasteiger partial charge on any atom is 0.240 e. The second kappa shape index (κ2) is 7.22. The van der Waals surface area contributed by atoms with Crippen molar-refractivity contribution in [1.29, 1.82) is 0 Å². The van der Waals surface area contributed by atoms with Gasteiger partial charge >= 0.3 is 0 Å². The van der Waals surface area contributed by atoms with Crippen molar-refractivity contribution in [2.24, 2.45) is 0 Å². The lowest BCUT2D eigenvalue weighted by Crippen LogP contribution is -2.43. The maximum atomic E-state index is 11.8. The van der Waals surface area contributed by atoms with E-state index in [0.717, 1.165) is 25.4 Å². The average molecular weight is 313 g/mol. The number of benzene rings is 1. The first-order valence-corrected chi connectivity index (χ1v) is 8.63. The van der Waals surface area contributed by atoms with Gasteiger partial charge in [-0.05, 0) is 31.3 Å². The Labute approximate surface area is 126 Å². The summed E-state index contributed by atoms with van der Waals surface area (Å²) in [6.07, 6.45) is 0.161. The normalized spacial score (nSPS) is 20.4. The van der Waals surface area contributed by atoms with E-state index in [-0.39, 0.29) is 11.0 Å². The Morgan fingerprint density at radius 3 is 2.67 bits per heavy atom. The maximum absolute atomic E-state index is 11.8. The van der Waals surface area contributed by atoms with Gasteiger partial charge in [-0.2, -0.15) is 0 Å². The van der Waals surface area contributed by atoms with Crippen LogP contribution < -0.4 is 10.0 Å². The van der Waals surface area contributed by atoms with E-state index >= 15 is 0 Å². The second-order valence-corrected chi connectivity index (χ2v) is 6.93. The van der Waals surface area contributed by atoms with Gasteiger partial charge in [0.25, 0.3) is 0 Å². The van der Waals surface area contributed by atoms with E-state index in [4.69, 9.17) is 4.74 Å². The molecule has 0 spiro atoms. The number of sulfonamides is 1. The van der Waals surface area contributed by atoms with Crippen LogP contribution in [0.5, 0.6) is 0 Å². The van der Waals surface area contributed by atoms with Crippen molar-refractivity contribution in [2.45, 2.75) is 17.9 Å². The summed E-state index contributed by atoms with van der Waals surface area (Å²) >= 11 is 0. The van der Waals surface area contributed by atoms with Crippen molar-refractivity contribution in [3.05, 3.63) is 24.3 Å². The van der Waals surface area contributed by atoms with Gasteiger partial charge in [-0.3, -0.25) is 0 Å². The molecule has 1 aliphatic rings. The zero-order chi connectivity index (χ0) is 15.3. The highest BCUT2D eigenvalue weighted by Crippen LogP contribution is 2.14. The van der Waals surface area contributed by atoms with Crippen LogP contribution >= 0.6 is 0 Å². The summed E-state index contributed by atoms with van der Waals surface area (Å²) in [6.45, 7) is 5.48. The molecule has 0 amide bonds. The molecular weight excluding hydrogens is 290 g/mol. The summed E-state index contributed by atoms with van der Waals surface area (Å²) in [6, 6.07) is 6.76. The predicted molar refractivity (Wildman–Crippen MR) is 83.0 cm³/mol. The molecule has 0 aromatic heterocycles. The molecule has 21 heavy (non-hydrogen) atoms. The van der Waals surface area contributed by atoms with Gasteiger partial charge in [0, 0.05) is 31.9 Å². The Balaban J connectivity index is 1.90. The van der Waals surface area contributed by atoms with Crippen molar-refractivity contribution in [3.8, 4) is 0 Å². The number of hydrogen-bond acceptors (Lipinski definition) is 5. The van der Waals surface area contributed by atoms with E-state index in [9.17, 15) is 8.42 Å². The quantitative estimate of drug-likeness (QED) is 0.810. The first kappa shape index (κ1) is 16.2. The van der Waals surface area contributed by atoms with Crippen molar-refractivity contribution >= 4 is 15.7 Å². The van der Waals surface area contributed by atoms with Crippen molar-refractivity contribution in [3.63, 3.8) is 0 Å². The van der Waals surface area contributed by atoms with Gasteiger partial charge in [-0.15, -0.1) is 0 Å². The molecule has 1 heterocycles. The largest absolute Gasteiger partial charge is 0.382 e. The summed E-state index contributed by atoms with van der Waals surface area (Å²) in [4.78, 5) is 2.52. The number of anilines is 1. The van der Waals surface area contributed by atoms with Crippen LogP contribution in [0.25, 0.3) is 0 Å². The van der Waals surface area contributed by atoms with Gasteiger partial charge in [0.1, 0.15) is 0 Å². The van der Waals surface area contributed by atoms with Crippen LogP contribution in [0.3, 0.4) is 0 Å². The minimum absolute atomic E-state index is 0.161. The predicted octanol–water partition coefficient (Wildman–Crippen LogP) is 0.727. The Hall–Kier alpha value is -1.15. The SMILES string of the molecule is CCNS(=O)(=O)c1ccc(NCC2CN(C)CCO2)cc1. The Morgan fingerprint density at radius 2 is 2.05 bits per heavy atom. The lowest BCUT2D eigenvalue weighted by Gasteiger charge is -2.30. The molecule has 1 saturated heterocycles. The van der Waals surface area contributed by atoms with Crippen molar-refractivity contribution in [2.75, 3.05) is 45.2 Å². The number of rotatable bonds is 6. The number of likely N-dealkylation sites (N-methyl/N-ethyl adjacent to an activating group) is 1. The Morgan fingerprint density at radius 1 is 1.33 bits per heavy atom. The van der Waals surface area contributed by atoms with Gasteiger partial charge in [-0.25, -0.2) is 13.1 Å². The number of nitrogens with zero attached hydrogens (tertiary/aromatic N) is 1. The van der Waals surface area contributed by atoms with Crippen LogP contribution in [-0.2, 0) is 14.8 Å². The second-order valence-electron chi connectivity index (χ2n) is 5.16. The smallest absolute Gasteiger partial charge is 0.240 e. The van der Waals surface area contributed by atoms with Crippen LogP contribution in [0, 0.1) is 0 Å². The average Bonchev–Trinajstić information content (AvgIpc) is 2.46. The monoisotopic (exact) mass is 313 g/mol. The number of hydrogen-bond donors (Lipinski definition) is 2. The highest BCUT2D eigenvalue weighted by molar-refractivity contribution is 7.89. The van der Waals surface area contributed by atoms with Gasteiger partial charge in [0.2, 0.25) is 10.0 Å². The van der Waals surface area contributed by atoms with Gasteiger partial charge in [-0.1, -0.05) is 6.92 Å².